The molecular formula is C12H18N2O2. The summed E-state index contributed by atoms with van der Waals surface area (Å²) < 4.78 is 5.38. The first kappa shape index (κ1) is 12.6. The maximum absolute atomic E-state index is 12.2. The molecule has 0 spiro atoms. The molecule has 4 heteroatoms. The fourth-order valence-corrected chi connectivity index (χ4v) is 1.64. The van der Waals surface area contributed by atoms with E-state index < -0.39 is 6.10 Å². The van der Waals surface area contributed by atoms with E-state index in [-0.39, 0.29) is 11.6 Å². The normalized spacial score (nSPS) is 12.4. The number of nitrogen functional groups attached to an aromatic ring is 1. The van der Waals surface area contributed by atoms with Gasteiger partial charge in [0.15, 0.2) is 5.78 Å². The molecule has 1 atom stereocenters. The van der Waals surface area contributed by atoms with Gasteiger partial charge in [-0.25, -0.2) is 4.98 Å². The Bertz CT molecular complexity index is 357. The van der Waals surface area contributed by atoms with Gasteiger partial charge in [0.05, 0.1) is 5.56 Å². The zero-order valence-corrected chi connectivity index (χ0v) is 9.99. The van der Waals surface area contributed by atoms with Crippen molar-refractivity contribution in [3.8, 4) is 0 Å². The predicted octanol–water partition coefficient (Wildman–Crippen LogP) is 1.97. The number of pyridine rings is 1. The Morgan fingerprint density at radius 3 is 2.75 bits per heavy atom. The first-order valence-corrected chi connectivity index (χ1v) is 5.48. The van der Waals surface area contributed by atoms with Gasteiger partial charge >= 0.3 is 0 Å². The zero-order valence-electron chi connectivity index (χ0n) is 9.99. The number of aryl methyl sites for hydroxylation is 1. The number of anilines is 1. The molecule has 88 valence electrons. The lowest BCUT2D eigenvalue weighted by Crippen LogP contribution is -2.25. The van der Waals surface area contributed by atoms with Crippen LogP contribution in [0, 0.1) is 6.92 Å². The SMILES string of the molecule is CCOC(CC)C(=O)c1c(C)ccnc1N. The molecule has 0 aliphatic heterocycles. The van der Waals surface area contributed by atoms with Crippen LogP contribution in [0.25, 0.3) is 0 Å². The number of ketones is 1. The van der Waals surface area contributed by atoms with Crippen molar-refractivity contribution in [1.29, 1.82) is 0 Å². The Morgan fingerprint density at radius 1 is 1.56 bits per heavy atom. The van der Waals surface area contributed by atoms with E-state index in [1.165, 1.54) is 0 Å². The predicted molar refractivity (Wildman–Crippen MR) is 63.4 cm³/mol. The molecule has 0 aliphatic rings. The van der Waals surface area contributed by atoms with Crippen molar-refractivity contribution in [1.82, 2.24) is 4.98 Å². The first-order valence-electron chi connectivity index (χ1n) is 5.48. The smallest absolute Gasteiger partial charge is 0.195 e. The summed E-state index contributed by atoms with van der Waals surface area (Å²) in [7, 11) is 0. The minimum absolute atomic E-state index is 0.0764. The van der Waals surface area contributed by atoms with Crippen LogP contribution in [-0.2, 0) is 4.74 Å². The van der Waals surface area contributed by atoms with Crippen molar-refractivity contribution >= 4 is 11.6 Å². The van der Waals surface area contributed by atoms with E-state index in [2.05, 4.69) is 4.98 Å². The van der Waals surface area contributed by atoms with E-state index >= 15 is 0 Å². The Balaban J connectivity index is 3.03. The maximum Gasteiger partial charge on any atom is 0.195 e. The summed E-state index contributed by atoms with van der Waals surface area (Å²) in [5.41, 5.74) is 7.06. The average molecular weight is 222 g/mol. The standard InChI is InChI=1S/C12H18N2O2/c1-4-9(16-5-2)11(15)10-8(3)6-7-14-12(10)13/h6-7,9H,4-5H2,1-3H3,(H2,13,14). The van der Waals surface area contributed by atoms with Gasteiger partial charge in [-0.05, 0) is 31.9 Å². The summed E-state index contributed by atoms with van der Waals surface area (Å²) in [4.78, 5) is 16.1. The van der Waals surface area contributed by atoms with E-state index in [4.69, 9.17) is 10.5 Å². The molecule has 0 saturated carbocycles. The van der Waals surface area contributed by atoms with Gasteiger partial charge in [-0.3, -0.25) is 4.79 Å². The van der Waals surface area contributed by atoms with Crippen LogP contribution >= 0.6 is 0 Å². The summed E-state index contributed by atoms with van der Waals surface area (Å²) in [5.74, 6) is 0.204. The van der Waals surface area contributed by atoms with Gasteiger partial charge in [-0.1, -0.05) is 6.92 Å². The van der Waals surface area contributed by atoms with Gasteiger partial charge in [0.25, 0.3) is 0 Å². The molecule has 1 aromatic heterocycles. The van der Waals surface area contributed by atoms with Crippen molar-refractivity contribution in [2.45, 2.75) is 33.3 Å². The second kappa shape index (κ2) is 5.61. The van der Waals surface area contributed by atoms with Crippen molar-refractivity contribution < 1.29 is 9.53 Å². The van der Waals surface area contributed by atoms with Crippen molar-refractivity contribution in [2.24, 2.45) is 0 Å². The molecule has 0 fully saturated rings. The lowest BCUT2D eigenvalue weighted by Gasteiger charge is -2.15. The molecule has 0 radical (unpaired) electrons. The summed E-state index contributed by atoms with van der Waals surface area (Å²) in [6, 6.07) is 1.78. The average Bonchev–Trinajstić information content (AvgIpc) is 2.25. The minimum atomic E-state index is -0.421. The number of carbonyl (C=O) groups is 1. The van der Waals surface area contributed by atoms with Crippen molar-refractivity contribution in [2.75, 3.05) is 12.3 Å². The van der Waals surface area contributed by atoms with E-state index in [1.54, 1.807) is 12.3 Å². The van der Waals surface area contributed by atoms with Crippen LogP contribution in [0.1, 0.15) is 36.2 Å². The van der Waals surface area contributed by atoms with E-state index in [0.29, 0.717) is 18.6 Å². The van der Waals surface area contributed by atoms with Crippen LogP contribution in [-0.4, -0.2) is 23.5 Å². The quantitative estimate of drug-likeness (QED) is 0.773. The number of aromatic nitrogens is 1. The molecule has 1 rings (SSSR count). The molecule has 0 amide bonds. The lowest BCUT2D eigenvalue weighted by molar-refractivity contribution is 0.0444. The third kappa shape index (κ3) is 2.58. The molecule has 1 unspecified atom stereocenters. The number of ether oxygens (including phenoxy) is 1. The molecule has 0 bridgehead atoms. The summed E-state index contributed by atoms with van der Waals surface area (Å²) in [5, 5.41) is 0. The minimum Gasteiger partial charge on any atom is -0.383 e. The number of nitrogens with two attached hydrogens (primary N) is 1. The van der Waals surface area contributed by atoms with Crippen LogP contribution in [0.2, 0.25) is 0 Å². The number of carbonyl (C=O) groups excluding carboxylic acids is 1. The van der Waals surface area contributed by atoms with Gasteiger partial charge in [0.2, 0.25) is 0 Å². The molecule has 16 heavy (non-hydrogen) atoms. The Kier molecular flexibility index (Phi) is 4.43. The fourth-order valence-electron chi connectivity index (χ4n) is 1.64. The third-order valence-electron chi connectivity index (χ3n) is 2.47. The highest BCUT2D eigenvalue weighted by atomic mass is 16.5. The monoisotopic (exact) mass is 222 g/mol. The Labute approximate surface area is 95.8 Å². The van der Waals surface area contributed by atoms with Gasteiger partial charge in [0.1, 0.15) is 11.9 Å². The second-order valence-corrected chi connectivity index (χ2v) is 3.60. The number of Topliss-reactive ketones (excluding diaryl/α,β-unsaturated/α-hetero) is 1. The molecular weight excluding hydrogens is 204 g/mol. The van der Waals surface area contributed by atoms with E-state index in [1.807, 2.05) is 20.8 Å². The fraction of sp³-hybridized carbons (Fsp3) is 0.500. The van der Waals surface area contributed by atoms with Crippen LogP contribution in [0.4, 0.5) is 5.82 Å². The Morgan fingerprint density at radius 2 is 2.25 bits per heavy atom. The number of hydrogen-bond donors (Lipinski definition) is 1. The number of rotatable bonds is 5. The molecule has 0 aliphatic carbocycles. The topological polar surface area (TPSA) is 65.2 Å². The second-order valence-electron chi connectivity index (χ2n) is 3.60. The Hall–Kier alpha value is -1.42. The zero-order chi connectivity index (χ0) is 12.1. The van der Waals surface area contributed by atoms with Crippen LogP contribution in [0.5, 0.6) is 0 Å². The molecule has 2 N–H and O–H groups in total. The number of hydrogen-bond acceptors (Lipinski definition) is 4. The van der Waals surface area contributed by atoms with Gasteiger partial charge in [-0.15, -0.1) is 0 Å². The summed E-state index contributed by atoms with van der Waals surface area (Å²) >= 11 is 0. The summed E-state index contributed by atoms with van der Waals surface area (Å²) in [6.07, 6.45) is 1.82. The van der Waals surface area contributed by atoms with Gasteiger partial charge in [-0.2, -0.15) is 0 Å². The largest absolute Gasteiger partial charge is 0.383 e. The lowest BCUT2D eigenvalue weighted by atomic mass is 10.0. The van der Waals surface area contributed by atoms with Crippen LogP contribution in [0.15, 0.2) is 12.3 Å². The molecule has 0 saturated heterocycles. The first-order chi connectivity index (χ1) is 7.61. The van der Waals surface area contributed by atoms with E-state index in [0.717, 1.165) is 5.56 Å². The summed E-state index contributed by atoms with van der Waals surface area (Å²) in [6.45, 7) is 6.16. The molecule has 0 aromatic carbocycles. The van der Waals surface area contributed by atoms with Crippen LogP contribution in [0.3, 0.4) is 0 Å². The molecule has 1 aromatic rings. The highest BCUT2D eigenvalue weighted by Gasteiger charge is 2.22. The molecule has 1 heterocycles. The third-order valence-corrected chi connectivity index (χ3v) is 2.47. The van der Waals surface area contributed by atoms with Crippen molar-refractivity contribution in [3.63, 3.8) is 0 Å². The number of nitrogens with zero attached hydrogens (tertiary/aromatic N) is 1. The van der Waals surface area contributed by atoms with Gasteiger partial charge < -0.3 is 10.5 Å². The molecule has 4 nitrogen and oxygen atoms in total. The van der Waals surface area contributed by atoms with Crippen LogP contribution < -0.4 is 5.73 Å². The van der Waals surface area contributed by atoms with E-state index in [9.17, 15) is 4.79 Å². The highest BCUT2D eigenvalue weighted by molar-refractivity contribution is 6.04. The van der Waals surface area contributed by atoms with Gasteiger partial charge in [0, 0.05) is 12.8 Å². The maximum atomic E-state index is 12.2. The highest BCUT2D eigenvalue weighted by Crippen LogP contribution is 2.18. The van der Waals surface area contributed by atoms with Crippen molar-refractivity contribution in [3.05, 3.63) is 23.4 Å².